The number of nitrogens with one attached hydrogen (secondary N) is 1. The van der Waals surface area contributed by atoms with E-state index in [2.05, 4.69) is 30.4 Å². The van der Waals surface area contributed by atoms with E-state index in [1.54, 1.807) is 0 Å². The number of hydrogen-bond acceptors (Lipinski definition) is 4. The van der Waals surface area contributed by atoms with Gasteiger partial charge in [0.1, 0.15) is 6.04 Å². The van der Waals surface area contributed by atoms with Crippen LogP contribution in [0.25, 0.3) is 0 Å². The first-order chi connectivity index (χ1) is 12.5. The molecule has 5 rings (SSSR count). The lowest BCUT2D eigenvalue weighted by Crippen LogP contribution is -2.65. The van der Waals surface area contributed by atoms with E-state index >= 15 is 0 Å². The second-order valence-electron chi connectivity index (χ2n) is 8.46. The summed E-state index contributed by atoms with van der Waals surface area (Å²) in [6, 6.07) is 8.35. The average molecular weight is 354 g/mol. The summed E-state index contributed by atoms with van der Waals surface area (Å²) in [7, 11) is 1.47. The number of anilines is 1. The highest BCUT2D eigenvalue weighted by molar-refractivity contribution is 5.92. The lowest BCUT2D eigenvalue weighted by Gasteiger charge is -2.60. The van der Waals surface area contributed by atoms with Gasteiger partial charge in [0.25, 0.3) is 0 Å². The van der Waals surface area contributed by atoms with Crippen molar-refractivity contribution in [2.24, 2.45) is 17.3 Å². The number of piperidine rings is 1. The summed E-state index contributed by atoms with van der Waals surface area (Å²) >= 11 is 0. The van der Waals surface area contributed by atoms with Gasteiger partial charge in [-0.3, -0.25) is 0 Å². The Labute approximate surface area is 154 Å². The fourth-order valence-corrected chi connectivity index (χ4v) is 6.63. The molecular weight excluding hydrogens is 328 g/mol. The third-order valence-electron chi connectivity index (χ3n) is 7.55. The van der Waals surface area contributed by atoms with Crippen molar-refractivity contribution in [2.45, 2.75) is 38.6 Å². The Morgan fingerprint density at radius 1 is 1.38 bits per heavy atom. The molecule has 1 aromatic carbocycles. The largest absolute Gasteiger partial charge is 0.633 e. The molecule has 5 atom stereocenters. The van der Waals surface area contributed by atoms with Gasteiger partial charge in [-0.25, -0.2) is 4.79 Å². The van der Waals surface area contributed by atoms with Crippen molar-refractivity contribution in [3.63, 3.8) is 0 Å². The van der Waals surface area contributed by atoms with E-state index in [1.807, 2.05) is 6.07 Å². The van der Waals surface area contributed by atoms with Crippen LogP contribution in [-0.2, 0) is 16.0 Å². The molecule has 2 fully saturated rings. The summed E-state index contributed by atoms with van der Waals surface area (Å²) in [4.78, 5) is 12.8. The van der Waals surface area contributed by atoms with Crippen LogP contribution in [0.15, 0.2) is 35.5 Å². The van der Waals surface area contributed by atoms with Crippen LogP contribution in [0.4, 0.5) is 5.69 Å². The minimum Gasteiger partial charge on any atom is -0.633 e. The van der Waals surface area contributed by atoms with Gasteiger partial charge in [-0.05, 0) is 24.5 Å². The number of fused-ring (bicyclic) bond motifs is 2. The van der Waals surface area contributed by atoms with Crippen molar-refractivity contribution in [3.8, 4) is 0 Å². The Morgan fingerprint density at radius 3 is 2.96 bits per heavy atom. The van der Waals surface area contributed by atoms with E-state index < -0.39 is 0 Å². The standard InChI is InChI=1S/C21H26N2O3/c1-3-14-15-8-10-23(25)11-9-21(19(14)23)12-13-6-4-5-7-16(13)22-18(21)17(15)20(24)26-2/h4-7,14-15,19,22H,3,8-12H2,1-2H3/t14-,15+,19-,21+,23?/m1/s1. The Hall–Kier alpha value is -1.85. The lowest BCUT2D eigenvalue weighted by atomic mass is 9.55. The monoisotopic (exact) mass is 354 g/mol. The summed E-state index contributed by atoms with van der Waals surface area (Å²) in [5.74, 6) is 0.177. The maximum absolute atomic E-state index is 13.7. The van der Waals surface area contributed by atoms with Crippen LogP contribution in [-0.4, -0.2) is 36.9 Å². The first-order valence-electron chi connectivity index (χ1n) is 9.80. The van der Waals surface area contributed by atoms with Crippen LogP contribution in [0.3, 0.4) is 0 Å². The number of quaternary nitrogens is 1. The van der Waals surface area contributed by atoms with Gasteiger partial charge in [-0.1, -0.05) is 25.1 Å². The Morgan fingerprint density at radius 2 is 2.19 bits per heavy atom. The van der Waals surface area contributed by atoms with E-state index in [9.17, 15) is 10.0 Å². The number of carbonyl (C=O) groups is 1. The van der Waals surface area contributed by atoms with Crippen molar-refractivity contribution in [1.29, 1.82) is 0 Å². The highest BCUT2D eigenvalue weighted by Crippen LogP contribution is 2.63. The number of nitrogens with zero attached hydrogens (tertiary/aromatic N) is 1. The van der Waals surface area contributed by atoms with E-state index in [0.29, 0.717) is 13.1 Å². The fraction of sp³-hybridized carbons (Fsp3) is 0.571. The predicted molar refractivity (Wildman–Crippen MR) is 98.9 cm³/mol. The minimum absolute atomic E-state index is 0.0514. The molecule has 138 valence electrons. The van der Waals surface area contributed by atoms with Gasteiger partial charge in [0.05, 0.1) is 31.2 Å². The van der Waals surface area contributed by atoms with Crippen molar-refractivity contribution in [1.82, 2.24) is 0 Å². The first-order valence-corrected chi connectivity index (χ1v) is 9.80. The summed E-state index contributed by atoms with van der Waals surface area (Å²) in [6.07, 6.45) is 3.42. The Kier molecular flexibility index (Phi) is 3.35. The normalized spacial score (nSPS) is 39.7. The molecule has 26 heavy (non-hydrogen) atoms. The Bertz CT molecular complexity index is 819. The predicted octanol–water partition coefficient (Wildman–Crippen LogP) is 3.21. The number of hydroxylamine groups is 3. The number of para-hydroxylation sites is 1. The molecule has 5 heteroatoms. The van der Waals surface area contributed by atoms with E-state index in [-0.39, 0.29) is 33.9 Å². The van der Waals surface area contributed by atoms with E-state index in [1.165, 1.54) is 12.7 Å². The highest BCUT2D eigenvalue weighted by Gasteiger charge is 2.67. The van der Waals surface area contributed by atoms with Crippen molar-refractivity contribution < 1.29 is 14.2 Å². The average Bonchev–Trinajstić information content (AvgIpc) is 2.98. The van der Waals surface area contributed by atoms with Gasteiger partial charge in [-0.15, -0.1) is 0 Å². The number of esters is 1. The maximum Gasteiger partial charge on any atom is 0.335 e. The third-order valence-corrected chi connectivity index (χ3v) is 7.55. The van der Waals surface area contributed by atoms with Crippen LogP contribution in [0.5, 0.6) is 0 Å². The smallest absolute Gasteiger partial charge is 0.335 e. The first kappa shape index (κ1) is 16.3. The van der Waals surface area contributed by atoms with E-state index in [0.717, 1.165) is 42.6 Å². The molecule has 1 unspecified atom stereocenters. The van der Waals surface area contributed by atoms with Gasteiger partial charge in [-0.2, -0.15) is 0 Å². The molecule has 0 radical (unpaired) electrons. The Balaban J connectivity index is 1.79. The van der Waals surface area contributed by atoms with Crippen LogP contribution < -0.4 is 5.32 Å². The summed E-state index contributed by atoms with van der Waals surface area (Å²) in [5.41, 5.74) is 3.89. The molecule has 2 bridgehead atoms. The van der Waals surface area contributed by atoms with Crippen LogP contribution in [0.2, 0.25) is 0 Å². The minimum atomic E-state index is -0.253. The molecular formula is C21H26N2O3. The molecule has 0 amide bonds. The third kappa shape index (κ3) is 1.85. The molecule has 1 aromatic rings. The number of hydrogen-bond donors (Lipinski definition) is 1. The summed E-state index contributed by atoms with van der Waals surface area (Å²) in [5, 5.41) is 17.3. The molecule has 5 nitrogen and oxygen atoms in total. The zero-order valence-electron chi connectivity index (χ0n) is 15.5. The summed E-state index contributed by atoms with van der Waals surface area (Å²) in [6.45, 7) is 3.46. The quantitative estimate of drug-likeness (QED) is 0.503. The second kappa shape index (κ2) is 5.33. The molecule has 1 aliphatic carbocycles. The number of rotatable bonds is 2. The topological polar surface area (TPSA) is 61.4 Å². The number of carbonyl (C=O) groups excluding carboxylic acids is 1. The van der Waals surface area contributed by atoms with Crippen molar-refractivity contribution in [2.75, 3.05) is 25.5 Å². The van der Waals surface area contributed by atoms with Gasteiger partial charge in [0.2, 0.25) is 0 Å². The molecule has 0 saturated carbocycles. The zero-order chi connectivity index (χ0) is 18.1. The second-order valence-corrected chi connectivity index (χ2v) is 8.46. The molecule has 3 aliphatic heterocycles. The van der Waals surface area contributed by atoms with Gasteiger partial charge in [0, 0.05) is 36.1 Å². The number of ether oxygens (including phenoxy) is 1. The van der Waals surface area contributed by atoms with Gasteiger partial charge >= 0.3 is 5.97 Å². The highest BCUT2D eigenvalue weighted by atomic mass is 16.6. The molecule has 1 spiro atoms. The van der Waals surface area contributed by atoms with E-state index in [4.69, 9.17) is 4.74 Å². The lowest BCUT2D eigenvalue weighted by molar-refractivity contribution is -0.907. The summed E-state index contributed by atoms with van der Waals surface area (Å²) < 4.78 is 5.15. The SMILES string of the molecule is CC[C@@H]1[C@@H]2CC[N+]3([O-])CC[C@@]4(Cc5ccccc5NC4=C2C(=O)OC)[C@@H]13. The van der Waals surface area contributed by atoms with Crippen molar-refractivity contribution in [3.05, 3.63) is 46.3 Å². The molecule has 3 heterocycles. The zero-order valence-corrected chi connectivity index (χ0v) is 15.5. The van der Waals surface area contributed by atoms with Gasteiger partial charge in [0.15, 0.2) is 0 Å². The fourth-order valence-electron chi connectivity index (χ4n) is 6.63. The molecule has 2 saturated heterocycles. The number of benzene rings is 1. The number of methoxy groups -OCH3 is 1. The molecule has 4 aliphatic rings. The van der Waals surface area contributed by atoms with Crippen LogP contribution >= 0.6 is 0 Å². The van der Waals surface area contributed by atoms with Crippen LogP contribution in [0, 0.1) is 22.5 Å². The molecule has 1 N–H and O–H groups in total. The van der Waals surface area contributed by atoms with Gasteiger partial charge < -0.3 is 19.9 Å². The van der Waals surface area contributed by atoms with Crippen LogP contribution in [0.1, 0.15) is 31.7 Å². The maximum atomic E-state index is 13.7. The van der Waals surface area contributed by atoms with Crippen molar-refractivity contribution >= 4 is 11.7 Å². The molecule has 0 aromatic heterocycles.